The van der Waals surface area contributed by atoms with Crippen LogP contribution in [-0.2, 0) is 0 Å². The molecule has 20 heavy (non-hydrogen) atoms. The van der Waals surface area contributed by atoms with Gasteiger partial charge in [0.1, 0.15) is 4.92 Å². The second kappa shape index (κ2) is 4.37. The van der Waals surface area contributed by atoms with Crippen LogP contribution in [-0.4, -0.2) is 10.8 Å². The predicted octanol–water partition coefficient (Wildman–Crippen LogP) is 2.35. The van der Waals surface area contributed by atoms with E-state index in [1.54, 1.807) is 12.1 Å². The van der Waals surface area contributed by atoms with Crippen molar-refractivity contribution in [3.63, 3.8) is 0 Å². The van der Waals surface area contributed by atoms with Crippen molar-refractivity contribution in [2.45, 2.75) is 13.1 Å². The third-order valence-corrected chi connectivity index (χ3v) is 3.16. The van der Waals surface area contributed by atoms with Crippen LogP contribution in [0, 0.1) is 17.0 Å². The molecule has 7 heteroatoms. The maximum absolute atomic E-state index is 12.0. The number of hydrogen-bond donors (Lipinski definition) is 2. The molecule has 1 aromatic carbocycles. The Bertz CT molecular complexity index is 707. The number of hydrogen-bond acceptors (Lipinski definition) is 5. The highest BCUT2D eigenvalue weighted by Crippen LogP contribution is 2.30. The number of para-hydroxylation sites is 1. The fourth-order valence-corrected chi connectivity index (χ4v) is 2.18. The lowest BCUT2D eigenvalue weighted by atomic mass is 10.0. The van der Waals surface area contributed by atoms with Gasteiger partial charge in [-0.3, -0.25) is 14.9 Å². The number of anilines is 1. The summed E-state index contributed by atoms with van der Waals surface area (Å²) in [5.74, 6) is -0.308. The van der Waals surface area contributed by atoms with Crippen LogP contribution in [0.5, 0.6) is 0 Å². The van der Waals surface area contributed by atoms with Gasteiger partial charge in [0.05, 0.1) is 17.3 Å². The van der Waals surface area contributed by atoms with Gasteiger partial charge in [-0.15, -0.1) is 0 Å². The zero-order valence-corrected chi connectivity index (χ0v) is 10.5. The van der Waals surface area contributed by atoms with Crippen molar-refractivity contribution in [3.8, 4) is 0 Å². The monoisotopic (exact) mass is 273 g/mol. The summed E-state index contributed by atoms with van der Waals surface area (Å²) < 4.78 is 5.11. The Morgan fingerprint density at radius 1 is 1.25 bits per heavy atom. The molecule has 2 aromatic rings. The molecule has 0 fully saturated rings. The minimum Gasteiger partial charge on any atom is -0.402 e. The van der Waals surface area contributed by atoms with Crippen molar-refractivity contribution in [1.82, 2.24) is 5.32 Å². The molecule has 0 aliphatic carbocycles. The summed E-state index contributed by atoms with van der Waals surface area (Å²) in [6.45, 7) is 1.88. The fourth-order valence-electron chi connectivity index (χ4n) is 2.18. The Kier molecular flexibility index (Phi) is 2.67. The molecule has 1 aliphatic heterocycles. The van der Waals surface area contributed by atoms with Crippen LogP contribution in [0.3, 0.4) is 0 Å². The first-order valence-electron chi connectivity index (χ1n) is 5.97. The first-order valence-corrected chi connectivity index (χ1v) is 5.97. The summed E-state index contributed by atoms with van der Waals surface area (Å²) in [6.07, 6.45) is -0.621. The molecule has 0 unspecified atom stereocenters. The number of benzene rings is 1. The van der Waals surface area contributed by atoms with Crippen molar-refractivity contribution in [2.24, 2.45) is 0 Å². The average molecular weight is 273 g/mol. The van der Waals surface area contributed by atoms with Crippen molar-refractivity contribution < 1.29 is 14.1 Å². The largest absolute Gasteiger partial charge is 0.433 e. The lowest BCUT2D eigenvalue weighted by molar-refractivity contribution is -0.402. The Balaban J connectivity index is 1.96. The SMILES string of the molecule is Cc1cccc2c1N[C@@H](c1ccc([N+](=O)[O-])o1)NC2=O. The van der Waals surface area contributed by atoms with Crippen molar-refractivity contribution in [3.05, 3.63) is 57.3 Å². The zero-order chi connectivity index (χ0) is 14.3. The standard InChI is InChI=1S/C13H11N3O4/c1-7-3-2-4-8-11(7)14-12(15-13(8)17)9-5-6-10(20-9)16(18)19/h2-6,12,14H,1H3,(H,15,17)/t12-/m1/s1. The number of nitrogens with one attached hydrogen (secondary N) is 2. The highest BCUT2D eigenvalue weighted by molar-refractivity contribution is 6.02. The minimum absolute atomic E-state index is 0.244. The fraction of sp³-hybridized carbons (Fsp3) is 0.154. The summed E-state index contributed by atoms with van der Waals surface area (Å²) in [4.78, 5) is 22.0. The van der Waals surface area contributed by atoms with Crippen LogP contribution >= 0.6 is 0 Å². The Labute approximate surface area is 113 Å². The quantitative estimate of drug-likeness (QED) is 0.646. The summed E-state index contributed by atoms with van der Waals surface area (Å²) in [6, 6.07) is 8.13. The Hall–Kier alpha value is -2.83. The van der Waals surface area contributed by atoms with E-state index in [2.05, 4.69) is 10.6 Å². The molecule has 102 valence electrons. The molecule has 0 saturated carbocycles. The zero-order valence-electron chi connectivity index (χ0n) is 10.5. The van der Waals surface area contributed by atoms with Crippen molar-refractivity contribution in [1.29, 1.82) is 0 Å². The van der Waals surface area contributed by atoms with E-state index in [0.29, 0.717) is 17.0 Å². The number of carbonyl (C=O) groups excluding carboxylic acids is 1. The molecule has 1 aromatic heterocycles. The van der Waals surface area contributed by atoms with Gasteiger partial charge in [-0.1, -0.05) is 12.1 Å². The molecule has 2 heterocycles. The van der Waals surface area contributed by atoms with Crippen LogP contribution in [0.1, 0.15) is 27.8 Å². The number of aryl methyl sites for hydroxylation is 1. The Morgan fingerprint density at radius 3 is 2.75 bits per heavy atom. The van der Waals surface area contributed by atoms with E-state index in [1.165, 1.54) is 12.1 Å². The van der Waals surface area contributed by atoms with Gasteiger partial charge in [-0.2, -0.15) is 0 Å². The van der Waals surface area contributed by atoms with E-state index < -0.39 is 11.1 Å². The number of nitrogens with zero attached hydrogens (tertiary/aromatic N) is 1. The smallest absolute Gasteiger partial charge is 0.402 e. The molecule has 0 bridgehead atoms. The van der Waals surface area contributed by atoms with Crippen molar-refractivity contribution >= 4 is 17.5 Å². The topological polar surface area (TPSA) is 97.4 Å². The maximum Gasteiger partial charge on any atom is 0.433 e. The Morgan fingerprint density at radius 2 is 2.05 bits per heavy atom. The van der Waals surface area contributed by atoms with E-state index in [1.807, 2.05) is 13.0 Å². The van der Waals surface area contributed by atoms with E-state index in [9.17, 15) is 14.9 Å². The first-order chi connectivity index (χ1) is 9.56. The maximum atomic E-state index is 12.0. The minimum atomic E-state index is -0.621. The van der Waals surface area contributed by atoms with Crippen LogP contribution in [0.15, 0.2) is 34.7 Å². The number of nitro groups is 1. The van der Waals surface area contributed by atoms with Gasteiger partial charge in [-0.25, -0.2) is 0 Å². The molecular weight excluding hydrogens is 262 g/mol. The number of furan rings is 1. The highest BCUT2D eigenvalue weighted by atomic mass is 16.6. The lowest BCUT2D eigenvalue weighted by Crippen LogP contribution is -2.38. The summed E-state index contributed by atoms with van der Waals surface area (Å²) in [7, 11) is 0. The second-order valence-corrected chi connectivity index (χ2v) is 4.48. The molecular formula is C13H11N3O4. The highest BCUT2D eigenvalue weighted by Gasteiger charge is 2.28. The van der Waals surface area contributed by atoms with E-state index in [4.69, 9.17) is 4.42 Å². The number of rotatable bonds is 2. The number of carbonyl (C=O) groups is 1. The second-order valence-electron chi connectivity index (χ2n) is 4.48. The van der Waals surface area contributed by atoms with E-state index >= 15 is 0 Å². The molecule has 3 rings (SSSR count). The van der Waals surface area contributed by atoms with Gasteiger partial charge in [-0.05, 0) is 24.6 Å². The first kappa shape index (κ1) is 12.2. The van der Waals surface area contributed by atoms with Gasteiger partial charge in [0, 0.05) is 0 Å². The number of fused-ring (bicyclic) bond motifs is 1. The van der Waals surface area contributed by atoms with Crippen molar-refractivity contribution in [2.75, 3.05) is 5.32 Å². The molecule has 0 radical (unpaired) electrons. The van der Waals surface area contributed by atoms with Crippen LogP contribution in [0.25, 0.3) is 0 Å². The lowest BCUT2D eigenvalue weighted by Gasteiger charge is -2.27. The molecule has 2 N–H and O–H groups in total. The average Bonchev–Trinajstić information content (AvgIpc) is 2.89. The summed E-state index contributed by atoms with van der Waals surface area (Å²) >= 11 is 0. The number of amides is 1. The third-order valence-electron chi connectivity index (χ3n) is 3.16. The van der Waals surface area contributed by atoms with Crippen LogP contribution in [0.2, 0.25) is 0 Å². The van der Waals surface area contributed by atoms with Gasteiger partial charge < -0.3 is 15.1 Å². The molecule has 0 saturated heterocycles. The molecule has 1 amide bonds. The van der Waals surface area contributed by atoms with Gasteiger partial charge >= 0.3 is 5.88 Å². The van der Waals surface area contributed by atoms with Gasteiger partial charge in [0.15, 0.2) is 11.9 Å². The normalized spacial score (nSPS) is 17.1. The molecule has 1 atom stereocenters. The van der Waals surface area contributed by atoms with E-state index in [0.717, 1.165) is 5.56 Å². The predicted molar refractivity (Wildman–Crippen MR) is 70.4 cm³/mol. The van der Waals surface area contributed by atoms with Crippen LogP contribution in [0.4, 0.5) is 11.6 Å². The van der Waals surface area contributed by atoms with Crippen LogP contribution < -0.4 is 10.6 Å². The van der Waals surface area contributed by atoms with Gasteiger partial charge in [0.2, 0.25) is 0 Å². The third kappa shape index (κ3) is 1.89. The molecule has 1 aliphatic rings. The summed E-state index contributed by atoms with van der Waals surface area (Å²) in [5.41, 5.74) is 2.17. The van der Waals surface area contributed by atoms with Gasteiger partial charge in [0.25, 0.3) is 5.91 Å². The molecule has 0 spiro atoms. The summed E-state index contributed by atoms with van der Waals surface area (Å²) in [5, 5.41) is 16.4. The van der Waals surface area contributed by atoms with E-state index in [-0.39, 0.29) is 11.8 Å². The molecule has 7 nitrogen and oxygen atoms in total.